The average Bonchev–Trinajstić information content (AvgIpc) is 2.07. The monoisotopic (exact) mass is 238 g/mol. The zero-order valence-corrected chi connectivity index (χ0v) is 11.9. The van der Waals surface area contributed by atoms with Gasteiger partial charge in [0.2, 0.25) is 0 Å². The second-order valence-corrected chi connectivity index (χ2v) is 30.1. The van der Waals surface area contributed by atoms with Crippen molar-refractivity contribution in [3.63, 3.8) is 0 Å². The van der Waals surface area contributed by atoms with Crippen LogP contribution in [-0.2, 0) is 14.0 Å². The Morgan fingerprint density at radius 1 is 1.15 bits per heavy atom. The van der Waals surface area contributed by atoms with Crippen molar-refractivity contribution in [2.24, 2.45) is 0 Å². The summed E-state index contributed by atoms with van der Waals surface area (Å²) in [5, 5.41) is 12.6. The molecule has 13 heavy (non-hydrogen) atoms. The molecule has 2 heteroatoms. The van der Waals surface area contributed by atoms with Crippen LogP contribution in [0.2, 0.25) is 30.9 Å². The van der Waals surface area contributed by atoms with Gasteiger partial charge < -0.3 is 0 Å². The third kappa shape index (κ3) is 6.54. The van der Waals surface area contributed by atoms with Crippen LogP contribution in [0.15, 0.2) is 23.8 Å². The summed E-state index contributed by atoms with van der Waals surface area (Å²) in [6, 6.07) is 0. The summed E-state index contributed by atoms with van der Waals surface area (Å²) in [5.41, 5.74) is 1.64. The Bertz CT molecular complexity index is 250. The van der Waals surface area contributed by atoms with Crippen molar-refractivity contribution >= 4 is 12.4 Å². The fourth-order valence-electron chi connectivity index (χ4n) is 1.76. The van der Waals surface area contributed by atoms with Crippen molar-refractivity contribution in [2.75, 3.05) is 0 Å². The molecular formula is C11H23ClTi. The summed E-state index contributed by atoms with van der Waals surface area (Å²) >= 11 is -2.50. The Labute approximate surface area is 87.3 Å². The van der Waals surface area contributed by atoms with Gasteiger partial charge in [-0.3, -0.25) is 0 Å². The summed E-state index contributed by atoms with van der Waals surface area (Å²) in [6.07, 6.45) is 7.94. The molecule has 0 heterocycles. The van der Waals surface area contributed by atoms with Crippen molar-refractivity contribution in [1.29, 1.82) is 0 Å². The molecule has 0 radical (unpaired) electrons. The summed E-state index contributed by atoms with van der Waals surface area (Å²) in [4.78, 5) is 0. The maximum absolute atomic E-state index is 2.51. The van der Waals surface area contributed by atoms with Gasteiger partial charge in [-0.2, -0.15) is 0 Å². The first-order valence-corrected chi connectivity index (χ1v) is 13.8. The molecule has 0 spiro atoms. The van der Waals surface area contributed by atoms with E-state index in [1.807, 2.05) is 0 Å². The van der Waals surface area contributed by atoms with Crippen LogP contribution in [0, 0.1) is 0 Å². The maximum atomic E-state index is 2.51. The van der Waals surface area contributed by atoms with Crippen molar-refractivity contribution < 1.29 is 14.0 Å². The first-order valence-electron chi connectivity index (χ1n) is 4.92. The zero-order valence-electron chi connectivity index (χ0n) is 9.55. The quantitative estimate of drug-likeness (QED) is 0.582. The van der Waals surface area contributed by atoms with Crippen LogP contribution in [0.5, 0.6) is 0 Å². The van der Waals surface area contributed by atoms with Crippen molar-refractivity contribution in [1.82, 2.24) is 0 Å². The van der Waals surface area contributed by atoms with Crippen LogP contribution in [0.4, 0.5) is 0 Å². The third-order valence-electron chi connectivity index (χ3n) is 1.96. The van der Waals surface area contributed by atoms with E-state index in [2.05, 4.69) is 44.4 Å². The Balaban J connectivity index is 0.00000144. The van der Waals surface area contributed by atoms with Gasteiger partial charge in [0.15, 0.2) is 0 Å². The van der Waals surface area contributed by atoms with E-state index in [0.29, 0.717) is 0 Å². The normalized spacial score (nSPS) is 21.5. The van der Waals surface area contributed by atoms with Gasteiger partial charge in [-0.15, -0.1) is 12.4 Å². The molecule has 0 saturated carbocycles. The minimum atomic E-state index is -2.50. The van der Waals surface area contributed by atoms with E-state index in [1.165, 1.54) is 11.1 Å². The Kier molecular flexibility index (Phi) is 3.10. The van der Waals surface area contributed by atoms with E-state index in [1.54, 1.807) is 5.57 Å². The van der Waals surface area contributed by atoms with E-state index in [0.717, 1.165) is 0 Å². The second kappa shape index (κ2) is 2.99. The molecule has 0 amide bonds. The van der Waals surface area contributed by atoms with Gasteiger partial charge in [-0.1, -0.05) is 0 Å². The van der Waals surface area contributed by atoms with Crippen molar-refractivity contribution in [3.8, 4) is 0 Å². The predicted molar refractivity (Wildman–Crippen MR) is 63.2 cm³/mol. The van der Waals surface area contributed by atoms with Crippen LogP contribution >= 0.6 is 12.4 Å². The Morgan fingerprint density at radius 3 is 2.00 bits per heavy atom. The molecule has 0 aliphatic heterocycles. The van der Waals surface area contributed by atoms with E-state index in [9.17, 15) is 0 Å². The number of hydrogen-bond acceptors (Lipinski definition) is 0. The Hall–Kier alpha value is 0.484. The number of rotatable bonds is 2. The molecule has 0 aromatic carbocycles. The summed E-state index contributed by atoms with van der Waals surface area (Å²) < 4.78 is 1.35. The fraction of sp³-hybridized carbons (Fsp3) is 0.636. The molecule has 0 atom stereocenters. The van der Waals surface area contributed by atoms with Gasteiger partial charge >= 0.3 is 75.1 Å². The van der Waals surface area contributed by atoms with Gasteiger partial charge in [0.25, 0.3) is 0 Å². The van der Waals surface area contributed by atoms with Crippen LogP contribution in [0.3, 0.4) is 0 Å². The number of hydrogen-bond donors (Lipinski definition) is 0. The number of allylic oxidation sites excluding steroid dienone is 4. The average molecular weight is 239 g/mol. The van der Waals surface area contributed by atoms with Crippen LogP contribution in [-0.4, -0.2) is 0 Å². The van der Waals surface area contributed by atoms with E-state index < -0.39 is 14.0 Å². The molecule has 0 unspecified atom stereocenters. The molecule has 0 bridgehead atoms. The molecule has 0 aromatic rings. The van der Waals surface area contributed by atoms with Gasteiger partial charge in [0.1, 0.15) is 0 Å². The van der Waals surface area contributed by atoms with Gasteiger partial charge in [0.05, 0.1) is 0 Å². The minimum absolute atomic E-state index is 0. The van der Waals surface area contributed by atoms with Gasteiger partial charge in [0, 0.05) is 0 Å². The first-order chi connectivity index (χ1) is 5.05. The molecule has 0 nitrogen and oxygen atoms in total. The summed E-state index contributed by atoms with van der Waals surface area (Å²) in [5.74, 6) is 0. The third-order valence-corrected chi connectivity index (χ3v) is 5.43. The number of halogens is 1. The predicted octanol–water partition coefficient (Wildman–Crippen LogP) is 5.18. The fourth-order valence-corrected chi connectivity index (χ4v) is 5.71. The van der Waals surface area contributed by atoms with Gasteiger partial charge in [-0.25, -0.2) is 0 Å². The van der Waals surface area contributed by atoms with Crippen molar-refractivity contribution in [3.05, 3.63) is 23.8 Å². The molecule has 0 aromatic heterocycles. The zero-order chi connectivity index (χ0) is 9.52. The SMILES string of the molecule is Cl.[CH3][Ti]([CH3])([CH3])([CH3])([CH3])[CH2]C1=CC=CC1. The summed E-state index contributed by atoms with van der Waals surface area (Å²) in [6.45, 7) is 0. The van der Waals surface area contributed by atoms with Crippen LogP contribution in [0.1, 0.15) is 6.42 Å². The molecule has 0 N–H and O–H groups in total. The molecule has 1 aliphatic carbocycles. The standard InChI is InChI=1S/C6H7.5CH3.ClH.Ti/c1-6-4-2-3-5-6;;;;;;;/h2-4H,1,5H2;5*1H3;1H;. The van der Waals surface area contributed by atoms with Gasteiger partial charge in [-0.05, 0) is 0 Å². The summed E-state index contributed by atoms with van der Waals surface area (Å²) in [7, 11) is 0. The molecule has 78 valence electrons. The second-order valence-electron chi connectivity index (χ2n) is 8.40. The van der Waals surface area contributed by atoms with E-state index >= 15 is 0 Å². The molecule has 0 saturated heterocycles. The Morgan fingerprint density at radius 2 is 1.69 bits per heavy atom. The molecule has 1 aliphatic rings. The van der Waals surface area contributed by atoms with E-state index in [4.69, 9.17) is 0 Å². The van der Waals surface area contributed by atoms with Crippen LogP contribution < -0.4 is 0 Å². The van der Waals surface area contributed by atoms with E-state index in [-0.39, 0.29) is 12.4 Å². The molecular weight excluding hydrogens is 215 g/mol. The topological polar surface area (TPSA) is 0 Å². The first kappa shape index (κ1) is 13.5. The van der Waals surface area contributed by atoms with Crippen molar-refractivity contribution in [2.45, 2.75) is 37.3 Å². The molecule has 1 rings (SSSR count). The van der Waals surface area contributed by atoms with Crippen LogP contribution in [0.25, 0.3) is 0 Å². The molecule has 0 fully saturated rings.